The fourth-order valence-electron chi connectivity index (χ4n) is 1.65. The number of methoxy groups -OCH3 is 1. The highest BCUT2D eigenvalue weighted by molar-refractivity contribution is 5.85. The minimum atomic E-state index is -0.856. The highest BCUT2D eigenvalue weighted by Gasteiger charge is 2.23. The Labute approximate surface area is 114 Å². The second-order valence-corrected chi connectivity index (χ2v) is 3.94. The van der Waals surface area contributed by atoms with Gasteiger partial charge in [0.1, 0.15) is 12.9 Å². The number of hydrogen-bond acceptors (Lipinski definition) is 6. The summed E-state index contributed by atoms with van der Waals surface area (Å²) in [7, 11) is 1.27. The summed E-state index contributed by atoms with van der Waals surface area (Å²) in [6.07, 6.45) is 1.31. The fourth-order valence-corrected chi connectivity index (χ4v) is 1.65. The molecular weight excluding hydrogens is 262 g/mol. The molecule has 0 aliphatic carbocycles. The van der Waals surface area contributed by atoms with E-state index in [2.05, 4.69) is 20.8 Å². The number of aromatic nitrogens is 4. The van der Waals surface area contributed by atoms with Crippen molar-refractivity contribution in [2.75, 3.05) is 7.11 Å². The van der Waals surface area contributed by atoms with Gasteiger partial charge in [-0.15, -0.1) is 5.10 Å². The van der Waals surface area contributed by atoms with Crippen LogP contribution >= 0.6 is 0 Å². The molecule has 0 aliphatic heterocycles. The summed E-state index contributed by atoms with van der Waals surface area (Å²) in [5.74, 6) is -0.933. The van der Waals surface area contributed by atoms with E-state index in [1.165, 1.54) is 18.1 Å². The maximum atomic E-state index is 11.9. The monoisotopic (exact) mass is 275 g/mol. The molecule has 104 valence electrons. The molecule has 2 aromatic rings. The Balaban J connectivity index is 2.08. The van der Waals surface area contributed by atoms with Gasteiger partial charge in [-0.3, -0.25) is 4.79 Å². The van der Waals surface area contributed by atoms with Crippen molar-refractivity contribution in [3.05, 3.63) is 42.2 Å². The van der Waals surface area contributed by atoms with Crippen LogP contribution in [0.5, 0.6) is 0 Å². The molecule has 0 saturated carbocycles. The van der Waals surface area contributed by atoms with Crippen molar-refractivity contribution in [3.63, 3.8) is 0 Å². The van der Waals surface area contributed by atoms with Crippen LogP contribution in [0.3, 0.4) is 0 Å². The number of nitrogens with zero attached hydrogens (tertiary/aromatic N) is 4. The van der Waals surface area contributed by atoms with Crippen LogP contribution in [0.4, 0.5) is 0 Å². The van der Waals surface area contributed by atoms with Crippen molar-refractivity contribution in [1.82, 2.24) is 25.5 Å². The van der Waals surface area contributed by atoms with Gasteiger partial charge in [-0.1, -0.05) is 30.3 Å². The van der Waals surface area contributed by atoms with Crippen LogP contribution in [0.2, 0.25) is 0 Å². The molecule has 1 aromatic heterocycles. The molecular formula is C12H13N5O3. The smallest absolute Gasteiger partial charge is 0.333 e. The van der Waals surface area contributed by atoms with Crippen molar-refractivity contribution in [2.45, 2.75) is 12.6 Å². The fraction of sp³-hybridized carbons (Fsp3) is 0.250. The molecule has 0 radical (unpaired) electrons. The molecule has 0 saturated heterocycles. The number of hydrogen-bond donors (Lipinski definition) is 1. The number of esters is 1. The van der Waals surface area contributed by atoms with E-state index in [4.69, 9.17) is 4.74 Å². The molecule has 1 N–H and O–H groups in total. The van der Waals surface area contributed by atoms with Crippen LogP contribution in [0.25, 0.3) is 0 Å². The summed E-state index contributed by atoms with van der Waals surface area (Å²) < 4.78 is 5.96. The van der Waals surface area contributed by atoms with Gasteiger partial charge in [-0.2, -0.15) is 0 Å². The summed E-state index contributed by atoms with van der Waals surface area (Å²) in [6.45, 7) is -0.0761. The largest absolute Gasteiger partial charge is 0.467 e. The summed E-state index contributed by atoms with van der Waals surface area (Å²) in [5, 5.41) is 13.0. The van der Waals surface area contributed by atoms with Crippen LogP contribution in [-0.4, -0.2) is 39.2 Å². The molecule has 2 rings (SSSR count). The molecule has 1 amide bonds. The normalized spacial score (nSPS) is 11.7. The Hall–Kier alpha value is -2.77. The molecule has 0 fully saturated rings. The third kappa shape index (κ3) is 3.37. The first-order valence-electron chi connectivity index (χ1n) is 5.83. The average Bonchev–Trinajstić information content (AvgIpc) is 2.97. The van der Waals surface area contributed by atoms with Crippen molar-refractivity contribution in [3.8, 4) is 0 Å². The number of benzene rings is 1. The van der Waals surface area contributed by atoms with Crippen molar-refractivity contribution in [2.24, 2.45) is 0 Å². The number of ether oxygens (including phenoxy) is 1. The van der Waals surface area contributed by atoms with E-state index in [0.717, 1.165) is 0 Å². The van der Waals surface area contributed by atoms with Gasteiger partial charge < -0.3 is 10.1 Å². The second kappa shape index (κ2) is 6.41. The standard InChI is InChI=1S/C12H13N5O3/c1-20-12(19)11(9-5-3-2-4-6-9)14-10(18)7-17-8-13-15-16-17/h2-6,8,11H,7H2,1H3,(H,14,18). The highest BCUT2D eigenvalue weighted by atomic mass is 16.5. The van der Waals surface area contributed by atoms with Gasteiger partial charge in [0.15, 0.2) is 6.04 Å². The molecule has 20 heavy (non-hydrogen) atoms. The number of carbonyl (C=O) groups excluding carboxylic acids is 2. The number of carbonyl (C=O) groups is 2. The highest BCUT2D eigenvalue weighted by Crippen LogP contribution is 2.13. The van der Waals surface area contributed by atoms with E-state index in [-0.39, 0.29) is 6.54 Å². The van der Waals surface area contributed by atoms with E-state index in [1.807, 2.05) is 6.07 Å². The minimum absolute atomic E-state index is 0.0761. The topological polar surface area (TPSA) is 99.0 Å². The first-order chi connectivity index (χ1) is 9.70. The molecule has 8 nitrogen and oxygen atoms in total. The van der Waals surface area contributed by atoms with E-state index in [0.29, 0.717) is 5.56 Å². The number of tetrazole rings is 1. The summed E-state index contributed by atoms with van der Waals surface area (Å²) in [6, 6.07) is 7.99. The van der Waals surface area contributed by atoms with Crippen LogP contribution in [0.1, 0.15) is 11.6 Å². The number of amides is 1. The Kier molecular flexibility index (Phi) is 4.38. The van der Waals surface area contributed by atoms with Crippen molar-refractivity contribution < 1.29 is 14.3 Å². The van der Waals surface area contributed by atoms with Gasteiger partial charge in [-0.25, -0.2) is 9.48 Å². The Bertz CT molecular complexity index is 570. The van der Waals surface area contributed by atoms with Gasteiger partial charge in [0, 0.05) is 0 Å². The second-order valence-electron chi connectivity index (χ2n) is 3.94. The zero-order chi connectivity index (χ0) is 14.4. The first kappa shape index (κ1) is 13.7. The van der Waals surface area contributed by atoms with Crippen LogP contribution in [0, 0.1) is 0 Å². The molecule has 0 aliphatic rings. The van der Waals surface area contributed by atoms with Crippen LogP contribution in [0.15, 0.2) is 36.7 Å². The Morgan fingerprint density at radius 1 is 1.35 bits per heavy atom. The van der Waals surface area contributed by atoms with Crippen molar-refractivity contribution >= 4 is 11.9 Å². The minimum Gasteiger partial charge on any atom is -0.467 e. The zero-order valence-corrected chi connectivity index (χ0v) is 10.8. The van der Waals surface area contributed by atoms with E-state index in [1.54, 1.807) is 24.3 Å². The lowest BCUT2D eigenvalue weighted by Gasteiger charge is -2.16. The molecule has 1 aromatic carbocycles. The number of rotatable bonds is 5. The van der Waals surface area contributed by atoms with Gasteiger partial charge in [0.05, 0.1) is 7.11 Å². The predicted molar refractivity (Wildman–Crippen MR) is 67.2 cm³/mol. The zero-order valence-electron chi connectivity index (χ0n) is 10.8. The molecule has 0 spiro atoms. The lowest BCUT2D eigenvalue weighted by molar-refractivity contribution is -0.145. The Morgan fingerprint density at radius 3 is 2.70 bits per heavy atom. The van der Waals surface area contributed by atoms with Crippen LogP contribution in [-0.2, 0) is 20.9 Å². The SMILES string of the molecule is COC(=O)C(NC(=O)Cn1cnnn1)c1ccccc1. The lowest BCUT2D eigenvalue weighted by Crippen LogP contribution is -2.36. The third-order valence-electron chi connectivity index (χ3n) is 2.57. The van der Waals surface area contributed by atoms with Gasteiger partial charge in [0.2, 0.25) is 5.91 Å². The van der Waals surface area contributed by atoms with Gasteiger partial charge in [-0.05, 0) is 16.0 Å². The molecule has 1 heterocycles. The van der Waals surface area contributed by atoms with Gasteiger partial charge in [0.25, 0.3) is 0 Å². The molecule has 8 heteroatoms. The first-order valence-corrected chi connectivity index (χ1v) is 5.83. The summed E-state index contributed by atoms with van der Waals surface area (Å²) in [4.78, 5) is 23.6. The summed E-state index contributed by atoms with van der Waals surface area (Å²) in [5.41, 5.74) is 0.643. The Morgan fingerprint density at radius 2 is 2.10 bits per heavy atom. The van der Waals surface area contributed by atoms with Gasteiger partial charge >= 0.3 is 5.97 Å². The summed E-state index contributed by atoms with van der Waals surface area (Å²) >= 11 is 0. The van der Waals surface area contributed by atoms with Crippen LogP contribution < -0.4 is 5.32 Å². The van der Waals surface area contributed by atoms with E-state index >= 15 is 0 Å². The molecule has 1 atom stereocenters. The predicted octanol–water partition coefficient (Wildman–Crippen LogP) is -0.296. The number of nitrogens with one attached hydrogen (secondary N) is 1. The quantitative estimate of drug-likeness (QED) is 0.752. The van der Waals surface area contributed by atoms with Crippen molar-refractivity contribution in [1.29, 1.82) is 0 Å². The average molecular weight is 275 g/mol. The van der Waals surface area contributed by atoms with E-state index < -0.39 is 17.9 Å². The van der Waals surface area contributed by atoms with E-state index in [9.17, 15) is 9.59 Å². The molecule has 0 bridgehead atoms. The molecule has 1 unspecified atom stereocenters. The third-order valence-corrected chi connectivity index (χ3v) is 2.57. The maximum absolute atomic E-state index is 11.9. The maximum Gasteiger partial charge on any atom is 0.333 e. The lowest BCUT2D eigenvalue weighted by atomic mass is 10.1.